The molecule has 106 valence electrons. The first-order valence-corrected chi connectivity index (χ1v) is 6.21. The summed E-state index contributed by atoms with van der Waals surface area (Å²) in [6, 6.07) is 4.55. The molecule has 1 atom stereocenters. The minimum atomic E-state index is -4.37. The quantitative estimate of drug-likeness (QED) is 0.778. The van der Waals surface area contributed by atoms with Gasteiger partial charge in [0.05, 0.1) is 5.56 Å². The zero-order valence-electron chi connectivity index (χ0n) is 11.0. The number of ketones is 1. The molecular weight excluding hydrogens is 257 g/mol. The van der Waals surface area contributed by atoms with Crippen LogP contribution >= 0.6 is 0 Å². The van der Waals surface area contributed by atoms with E-state index in [1.165, 1.54) is 12.1 Å². The van der Waals surface area contributed by atoms with E-state index in [4.69, 9.17) is 4.74 Å². The largest absolute Gasteiger partial charge is 0.416 e. The second-order valence-corrected chi connectivity index (χ2v) is 4.19. The smallest absolute Gasteiger partial charge is 0.366 e. The average molecular weight is 274 g/mol. The van der Waals surface area contributed by atoms with Crippen LogP contribution in [-0.4, -0.2) is 12.4 Å². The van der Waals surface area contributed by atoms with Gasteiger partial charge in [-0.25, -0.2) is 0 Å². The van der Waals surface area contributed by atoms with Gasteiger partial charge in [-0.15, -0.1) is 0 Å². The SMILES string of the molecule is CCCOC(C(=O)CC)c1ccc(C(F)(F)F)cc1. The predicted octanol–water partition coefficient (Wildman–Crippen LogP) is 4.15. The van der Waals surface area contributed by atoms with Crippen LogP contribution < -0.4 is 0 Å². The van der Waals surface area contributed by atoms with Gasteiger partial charge in [0.1, 0.15) is 6.10 Å². The minimum absolute atomic E-state index is 0.131. The summed E-state index contributed by atoms with van der Waals surface area (Å²) in [5.74, 6) is -0.131. The summed E-state index contributed by atoms with van der Waals surface area (Å²) in [4.78, 5) is 11.8. The molecule has 0 saturated heterocycles. The summed E-state index contributed by atoms with van der Waals surface area (Å²) >= 11 is 0. The van der Waals surface area contributed by atoms with Gasteiger partial charge in [0.15, 0.2) is 5.78 Å². The number of carbonyl (C=O) groups is 1. The number of alkyl halides is 3. The van der Waals surface area contributed by atoms with Crippen LogP contribution in [0.15, 0.2) is 24.3 Å². The molecule has 0 bridgehead atoms. The number of hydrogen-bond acceptors (Lipinski definition) is 2. The fourth-order valence-electron chi connectivity index (χ4n) is 1.64. The van der Waals surface area contributed by atoms with Crippen molar-refractivity contribution >= 4 is 5.78 Å². The number of ether oxygens (including phenoxy) is 1. The maximum absolute atomic E-state index is 12.4. The van der Waals surface area contributed by atoms with Crippen molar-refractivity contribution in [3.63, 3.8) is 0 Å². The standard InChI is InChI=1S/C14H17F3O2/c1-3-9-19-13(12(18)4-2)10-5-7-11(8-6-10)14(15,16)17/h5-8,13H,3-4,9H2,1-2H3. The summed E-state index contributed by atoms with van der Waals surface area (Å²) in [6.07, 6.45) is -4.11. The van der Waals surface area contributed by atoms with Crippen LogP contribution in [0.1, 0.15) is 43.9 Å². The Morgan fingerprint density at radius 2 is 1.79 bits per heavy atom. The lowest BCUT2D eigenvalue weighted by molar-refractivity contribution is -0.137. The van der Waals surface area contributed by atoms with Crippen molar-refractivity contribution in [2.45, 2.75) is 39.0 Å². The van der Waals surface area contributed by atoms with E-state index < -0.39 is 17.8 Å². The molecule has 0 spiro atoms. The molecule has 0 saturated carbocycles. The van der Waals surface area contributed by atoms with Gasteiger partial charge in [-0.1, -0.05) is 26.0 Å². The van der Waals surface area contributed by atoms with Crippen molar-refractivity contribution in [1.29, 1.82) is 0 Å². The topological polar surface area (TPSA) is 26.3 Å². The number of Topliss-reactive ketones (excluding diaryl/α,β-unsaturated/α-hetero) is 1. The van der Waals surface area contributed by atoms with Gasteiger partial charge in [-0.2, -0.15) is 13.2 Å². The highest BCUT2D eigenvalue weighted by molar-refractivity contribution is 5.84. The fourth-order valence-corrected chi connectivity index (χ4v) is 1.64. The molecule has 0 aromatic heterocycles. The Labute approximate surface area is 110 Å². The number of halogens is 3. The molecule has 5 heteroatoms. The first kappa shape index (κ1) is 15.7. The molecule has 19 heavy (non-hydrogen) atoms. The van der Waals surface area contributed by atoms with Crippen LogP contribution in [0.5, 0.6) is 0 Å². The number of rotatable bonds is 6. The van der Waals surface area contributed by atoms with E-state index >= 15 is 0 Å². The summed E-state index contributed by atoms with van der Waals surface area (Å²) in [5, 5.41) is 0. The van der Waals surface area contributed by atoms with Crippen molar-refractivity contribution in [3.05, 3.63) is 35.4 Å². The molecule has 0 fully saturated rings. The van der Waals surface area contributed by atoms with Gasteiger partial charge in [0, 0.05) is 13.0 Å². The maximum Gasteiger partial charge on any atom is 0.416 e. The molecule has 1 rings (SSSR count). The van der Waals surface area contributed by atoms with Gasteiger partial charge < -0.3 is 4.74 Å². The molecule has 0 aliphatic rings. The second kappa shape index (κ2) is 6.70. The van der Waals surface area contributed by atoms with Crippen LogP contribution in [0.25, 0.3) is 0 Å². The third-order valence-electron chi connectivity index (χ3n) is 2.67. The molecule has 2 nitrogen and oxygen atoms in total. The second-order valence-electron chi connectivity index (χ2n) is 4.19. The number of hydrogen-bond donors (Lipinski definition) is 0. The minimum Gasteiger partial charge on any atom is -0.366 e. The molecule has 0 radical (unpaired) electrons. The number of benzene rings is 1. The molecule has 0 amide bonds. The summed E-state index contributed by atoms with van der Waals surface area (Å²) < 4.78 is 42.8. The highest BCUT2D eigenvalue weighted by Crippen LogP contribution is 2.30. The van der Waals surface area contributed by atoms with Gasteiger partial charge in [0.25, 0.3) is 0 Å². The predicted molar refractivity (Wildman–Crippen MR) is 65.7 cm³/mol. The Kier molecular flexibility index (Phi) is 5.54. The van der Waals surface area contributed by atoms with E-state index in [0.29, 0.717) is 12.2 Å². The number of carbonyl (C=O) groups excluding carboxylic acids is 1. The van der Waals surface area contributed by atoms with Gasteiger partial charge >= 0.3 is 6.18 Å². The molecule has 0 heterocycles. The molecule has 1 unspecified atom stereocenters. The third-order valence-corrected chi connectivity index (χ3v) is 2.67. The Balaban J connectivity index is 2.93. The Morgan fingerprint density at radius 1 is 1.21 bits per heavy atom. The molecular formula is C14H17F3O2. The van der Waals surface area contributed by atoms with Crippen molar-refractivity contribution in [2.24, 2.45) is 0 Å². The summed E-state index contributed by atoms with van der Waals surface area (Å²) in [6.45, 7) is 4.01. The van der Waals surface area contributed by atoms with Gasteiger partial charge in [-0.3, -0.25) is 4.79 Å². The average Bonchev–Trinajstić information content (AvgIpc) is 2.38. The van der Waals surface area contributed by atoms with Crippen molar-refractivity contribution < 1.29 is 22.7 Å². The van der Waals surface area contributed by atoms with E-state index in [0.717, 1.165) is 18.6 Å². The Hall–Kier alpha value is -1.36. The molecule has 1 aromatic rings. The van der Waals surface area contributed by atoms with Gasteiger partial charge in [-0.05, 0) is 24.1 Å². The van der Waals surface area contributed by atoms with Crippen LogP contribution in [-0.2, 0) is 15.7 Å². The van der Waals surface area contributed by atoms with Crippen molar-refractivity contribution in [3.8, 4) is 0 Å². The lowest BCUT2D eigenvalue weighted by Gasteiger charge is -2.17. The lowest BCUT2D eigenvalue weighted by Crippen LogP contribution is -2.16. The maximum atomic E-state index is 12.4. The molecule has 0 aliphatic heterocycles. The van der Waals surface area contributed by atoms with E-state index in [1.54, 1.807) is 6.92 Å². The fraction of sp³-hybridized carbons (Fsp3) is 0.500. The Bertz CT molecular complexity index is 410. The van der Waals surface area contributed by atoms with Crippen LogP contribution in [0.4, 0.5) is 13.2 Å². The molecule has 0 N–H and O–H groups in total. The van der Waals surface area contributed by atoms with Crippen LogP contribution in [0, 0.1) is 0 Å². The Morgan fingerprint density at radius 3 is 2.21 bits per heavy atom. The zero-order valence-corrected chi connectivity index (χ0v) is 11.0. The lowest BCUT2D eigenvalue weighted by atomic mass is 10.0. The highest BCUT2D eigenvalue weighted by Gasteiger charge is 2.30. The summed E-state index contributed by atoms with van der Waals surface area (Å²) in [7, 11) is 0. The first-order chi connectivity index (χ1) is 8.90. The zero-order chi connectivity index (χ0) is 14.5. The first-order valence-electron chi connectivity index (χ1n) is 6.21. The van der Waals surface area contributed by atoms with E-state index in [-0.39, 0.29) is 12.2 Å². The van der Waals surface area contributed by atoms with E-state index in [1.807, 2.05) is 6.92 Å². The third kappa shape index (κ3) is 4.35. The molecule has 1 aromatic carbocycles. The van der Waals surface area contributed by atoms with Gasteiger partial charge in [0.2, 0.25) is 0 Å². The van der Waals surface area contributed by atoms with Crippen molar-refractivity contribution in [1.82, 2.24) is 0 Å². The summed E-state index contributed by atoms with van der Waals surface area (Å²) in [5.41, 5.74) is -0.261. The normalized spacial score (nSPS) is 13.3. The molecule has 0 aliphatic carbocycles. The van der Waals surface area contributed by atoms with E-state index in [2.05, 4.69) is 0 Å². The van der Waals surface area contributed by atoms with E-state index in [9.17, 15) is 18.0 Å². The van der Waals surface area contributed by atoms with Crippen molar-refractivity contribution in [2.75, 3.05) is 6.61 Å². The van der Waals surface area contributed by atoms with Crippen LogP contribution in [0.2, 0.25) is 0 Å². The monoisotopic (exact) mass is 274 g/mol. The highest BCUT2D eigenvalue weighted by atomic mass is 19.4. The van der Waals surface area contributed by atoms with Crippen LogP contribution in [0.3, 0.4) is 0 Å².